The number of aryl methyl sites for hydroxylation is 1. The van der Waals surface area contributed by atoms with Crippen LogP contribution in [0, 0.1) is 12.3 Å². The van der Waals surface area contributed by atoms with E-state index in [1.807, 2.05) is 0 Å². The van der Waals surface area contributed by atoms with Crippen LogP contribution < -0.4 is 10.6 Å². The van der Waals surface area contributed by atoms with Gasteiger partial charge in [-0.3, -0.25) is 5.41 Å². The molecule has 1 heterocycles. The molecule has 0 saturated heterocycles. The first-order valence-electron chi connectivity index (χ1n) is 5.30. The predicted octanol–water partition coefficient (Wildman–Crippen LogP) is 2.06. The van der Waals surface area contributed by atoms with Crippen molar-refractivity contribution in [3.05, 3.63) is 23.4 Å². The second-order valence-corrected chi connectivity index (χ2v) is 4.03. The molecule has 3 N–H and O–H groups in total. The number of rotatable bonds is 4. The fraction of sp³-hybridized carbons (Fsp3) is 0.455. The van der Waals surface area contributed by atoms with Crippen molar-refractivity contribution in [1.82, 2.24) is 4.98 Å². The summed E-state index contributed by atoms with van der Waals surface area (Å²) in [5, 5.41) is 7.45. The van der Waals surface area contributed by atoms with Crippen molar-refractivity contribution >= 4 is 11.7 Å². The molecule has 4 nitrogen and oxygen atoms in total. The lowest BCUT2D eigenvalue weighted by molar-refractivity contribution is -0.132. The molecule has 1 aromatic heterocycles. The molecule has 0 spiro atoms. The van der Waals surface area contributed by atoms with E-state index in [9.17, 15) is 13.2 Å². The van der Waals surface area contributed by atoms with E-state index in [1.165, 1.54) is 18.1 Å². The third kappa shape index (κ3) is 3.61. The summed E-state index contributed by atoms with van der Waals surface area (Å²) in [6, 6.07) is 1.66. The van der Waals surface area contributed by atoms with Gasteiger partial charge in [-0.25, -0.2) is 4.98 Å². The molecule has 1 aromatic rings. The predicted molar refractivity (Wildman–Crippen MR) is 63.9 cm³/mol. The van der Waals surface area contributed by atoms with Gasteiger partial charge in [0.2, 0.25) is 0 Å². The number of alkyl halides is 3. The normalized spacial score (nSPS) is 11.4. The lowest BCUT2D eigenvalue weighted by Gasteiger charge is -2.22. The number of hydrogen-bond donors (Lipinski definition) is 2. The largest absolute Gasteiger partial charge is 0.390 e. The number of nitrogens with one attached hydrogen (secondary N) is 1. The summed E-state index contributed by atoms with van der Waals surface area (Å²) < 4.78 is 36.5. The molecule has 0 aliphatic rings. The minimum absolute atomic E-state index is 0.200. The number of nitrogens with two attached hydrogens (primary N) is 1. The molecule has 0 aromatic carbocycles. The summed E-state index contributed by atoms with van der Waals surface area (Å²) >= 11 is 0. The van der Waals surface area contributed by atoms with Crippen molar-refractivity contribution < 1.29 is 13.2 Å². The molecule has 100 valence electrons. The SMILES string of the molecule is Cc1ccnc(N(C)CCC(F)(F)F)c1C(=N)N. The fourth-order valence-electron chi connectivity index (χ4n) is 1.57. The van der Waals surface area contributed by atoms with Gasteiger partial charge in [0.1, 0.15) is 11.7 Å². The smallest absolute Gasteiger partial charge is 0.384 e. The minimum atomic E-state index is -4.21. The van der Waals surface area contributed by atoms with E-state index < -0.39 is 12.6 Å². The lowest BCUT2D eigenvalue weighted by Crippen LogP contribution is -2.28. The Labute approximate surface area is 103 Å². The molecular weight excluding hydrogens is 245 g/mol. The van der Waals surface area contributed by atoms with Gasteiger partial charge in [-0.2, -0.15) is 13.2 Å². The van der Waals surface area contributed by atoms with Crippen LogP contribution in [-0.2, 0) is 0 Å². The minimum Gasteiger partial charge on any atom is -0.384 e. The highest BCUT2D eigenvalue weighted by Crippen LogP contribution is 2.23. The summed E-state index contributed by atoms with van der Waals surface area (Å²) in [6.07, 6.45) is -3.66. The Morgan fingerprint density at radius 3 is 2.61 bits per heavy atom. The van der Waals surface area contributed by atoms with Crippen molar-refractivity contribution in [2.24, 2.45) is 5.73 Å². The first kappa shape index (κ1) is 14.3. The van der Waals surface area contributed by atoms with Crippen molar-refractivity contribution in [1.29, 1.82) is 5.41 Å². The van der Waals surface area contributed by atoms with Crippen LogP contribution in [0.25, 0.3) is 0 Å². The van der Waals surface area contributed by atoms with E-state index in [2.05, 4.69) is 4.98 Å². The highest BCUT2D eigenvalue weighted by Gasteiger charge is 2.28. The fourth-order valence-corrected chi connectivity index (χ4v) is 1.57. The van der Waals surface area contributed by atoms with Crippen LogP contribution in [0.2, 0.25) is 0 Å². The number of nitrogen functional groups attached to an aromatic ring is 1. The zero-order chi connectivity index (χ0) is 13.9. The molecule has 0 radical (unpaired) electrons. The molecule has 0 amide bonds. The summed E-state index contributed by atoms with van der Waals surface area (Å²) in [4.78, 5) is 5.36. The maximum atomic E-state index is 12.2. The molecule has 18 heavy (non-hydrogen) atoms. The zero-order valence-electron chi connectivity index (χ0n) is 10.2. The third-order valence-corrected chi connectivity index (χ3v) is 2.50. The van der Waals surface area contributed by atoms with Gasteiger partial charge in [-0.15, -0.1) is 0 Å². The zero-order valence-corrected chi connectivity index (χ0v) is 10.2. The van der Waals surface area contributed by atoms with Crippen LogP contribution in [0.4, 0.5) is 19.0 Å². The summed E-state index contributed by atoms with van der Waals surface area (Å²) in [5.74, 6) is 0.0983. The van der Waals surface area contributed by atoms with E-state index in [4.69, 9.17) is 11.1 Å². The third-order valence-electron chi connectivity index (χ3n) is 2.50. The lowest BCUT2D eigenvalue weighted by atomic mass is 10.1. The maximum Gasteiger partial charge on any atom is 0.390 e. The van der Waals surface area contributed by atoms with Crippen LogP contribution in [0.5, 0.6) is 0 Å². The standard InChI is InChI=1S/C11H15F3N4/c1-7-3-5-17-10(8(7)9(15)16)18(2)6-4-11(12,13)14/h3,5H,4,6H2,1-2H3,(H3,15,16). The van der Waals surface area contributed by atoms with Crippen LogP contribution >= 0.6 is 0 Å². The van der Waals surface area contributed by atoms with Crippen LogP contribution in [0.15, 0.2) is 12.3 Å². The highest BCUT2D eigenvalue weighted by atomic mass is 19.4. The van der Waals surface area contributed by atoms with Crippen LogP contribution in [-0.4, -0.2) is 30.6 Å². The second-order valence-electron chi connectivity index (χ2n) is 4.03. The number of nitrogens with zero attached hydrogens (tertiary/aromatic N) is 2. The quantitative estimate of drug-likeness (QED) is 0.643. The molecular formula is C11H15F3N4. The molecule has 0 fully saturated rings. The first-order valence-corrected chi connectivity index (χ1v) is 5.30. The maximum absolute atomic E-state index is 12.2. The van der Waals surface area contributed by atoms with Gasteiger partial charge >= 0.3 is 6.18 Å². The van der Waals surface area contributed by atoms with Crippen LogP contribution in [0.3, 0.4) is 0 Å². The second kappa shape index (κ2) is 5.24. The monoisotopic (exact) mass is 260 g/mol. The van der Waals surface area contributed by atoms with Crippen LogP contribution in [0.1, 0.15) is 17.5 Å². The number of hydrogen-bond acceptors (Lipinski definition) is 3. The molecule has 0 saturated carbocycles. The average molecular weight is 260 g/mol. The van der Waals surface area contributed by atoms with E-state index >= 15 is 0 Å². The van der Waals surface area contributed by atoms with Gasteiger partial charge in [-0.05, 0) is 18.6 Å². The Bertz CT molecular complexity index is 442. The van der Waals surface area contributed by atoms with Gasteiger partial charge in [0, 0.05) is 19.8 Å². The number of amidine groups is 1. The summed E-state index contributed by atoms with van der Waals surface area (Å²) in [5.41, 5.74) is 6.52. The Hall–Kier alpha value is -1.79. The topological polar surface area (TPSA) is 66.0 Å². The van der Waals surface area contributed by atoms with Gasteiger partial charge in [0.25, 0.3) is 0 Å². The Morgan fingerprint density at radius 2 is 2.11 bits per heavy atom. The molecule has 0 unspecified atom stereocenters. The Morgan fingerprint density at radius 1 is 1.50 bits per heavy atom. The Balaban J connectivity index is 2.95. The summed E-state index contributed by atoms with van der Waals surface area (Å²) in [7, 11) is 1.50. The number of anilines is 1. The van der Waals surface area contributed by atoms with Crippen molar-refractivity contribution in [3.63, 3.8) is 0 Å². The van der Waals surface area contributed by atoms with Gasteiger partial charge in [0.05, 0.1) is 12.0 Å². The highest BCUT2D eigenvalue weighted by molar-refractivity contribution is 6.00. The Kier molecular flexibility index (Phi) is 4.15. The molecule has 0 aliphatic carbocycles. The van der Waals surface area contributed by atoms with Crippen molar-refractivity contribution in [2.45, 2.75) is 19.5 Å². The average Bonchev–Trinajstić information content (AvgIpc) is 2.24. The van der Waals surface area contributed by atoms with Gasteiger partial charge in [-0.1, -0.05) is 0 Å². The van der Waals surface area contributed by atoms with E-state index in [0.29, 0.717) is 16.9 Å². The van der Waals surface area contributed by atoms with Gasteiger partial charge < -0.3 is 10.6 Å². The number of pyridine rings is 1. The van der Waals surface area contributed by atoms with Crippen molar-refractivity contribution in [2.75, 3.05) is 18.5 Å². The summed E-state index contributed by atoms with van der Waals surface area (Å²) in [6.45, 7) is 1.51. The van der Waals surface area contributed by atoms with E-state index in [1.54, 1.807) is 13.0 Å². The molecule has 0 bridgehead atoms. The van der Waals surface area contributed by atoms with E-state index in [-0.39, 0.29) is 12.4 Å². The molecule has 7 heteroatoms. The molecule has 0 aliphatic heterocycles. The number of aromatic nitrogens is 1. The van der Waals surface area contributed by atoms with Gasteiger partial charge in [0.15, 0.2) is 0 Å². The van der Waals surface area contributed by atoms with Crippen molar-refractivity contribution in [3.8, 4) is 0 Å². The first-order chi connectivity index (χ1) is 8.22. The molecule has 1 rings (SSSR count). The number of halogens is 3. The van der Waals surface area contributed by atoms with E-state index in [0.717, 1.165) is 0 Å². The molecule has 0 atom stereocenters.